The summed E-state index contributed by atoms with van der Waals surface area (Å²) >= 11 is 2.53. The number of hydrogen-bond donors (Lipinski definition) is 2. The Morgan fingerprint density at radius 1 is 1.36 bits per heavy atom. The maximum Gasteiger partial charge on any atom is 0.355 e. The smallest absolute Gasteiger partial charge is 0.355 e. The lowest BCUT2D eigenvalue weighted by Crippen LogP contribution is -2.71. The van der Waals surface area contributed by atoms with Crippen LogP contribution in [0.4, 0.5) is 5.13 Å². The van der Waals surface area contributed by atoms with Gasteiger partial charge in [0.15, 0.2) is 10.8 Å². The first-order valence-electron chi connectivity index (χ1n) is 12.2. The van der Waals surface area contributed by atoms with E-state index in [0.29, 0.717) is 24.4 Å². The SMILES string of the molecule is C/C=C(/COC(=O)C1=C([C@@H]2CCCO2)CS[C@@H]2[C@H](NC(=O)/C(=N\OC)c3csc(N)n3)C(=O)N12)C(=O)OCC. The highest BCUT2D eigenvalue weighted by atomic mass is 32.2. The van der Waals surface area contributed by atoms with Crippen LogP contribution >= 0.6 is 23.1 Å². The predicted molar refractivity (Wildman–Crippen MR) is 142 cm³/mol. The quantitative estimate of drug-likeness (QED) is 0.133. The van der Waals surface area contributed by atoms with Crippen molar-refractivity contribution in [2.45, 2.75) is 44.2 Å². The van der Waals surface area contributed by atoms with E-state index in [1.54, 1.807) is 19.2 Å². The molecule has 3 aliphatic heterocycles. The number of ether oxygens (including phenoxy) is 3. The number of nitrogens with one attached hydrogen (secondary N) is 1. The number of aromatic nitrogens is 1. The molecule has 2 saturated heterocycles. The lowest BCUT2D eigenvalue weighted by atomic mass is 9.99. The first-order valence-corrected chi connectivity index (χ1v) is 14.2. The fourth-order valence-electron chi connectivity index (χ4n) is 4.33. The summed E-state index contributed by atoms with van der Waals surface area (Å²) in [6.45, 7) is 3.73. The molecule has 39 heavy (non-hydrogen) atoms. The average molecular weight is 580 g/mol. The van der Waals surface area contributed by atoms with Gasteiger partial charge in [0, 0.05) is 17.7 Å². The lowest BCUT2D eigenvalue weighted by Gasteiger charge is -2.50. The maximum absolute atomic E-state index is 13.4. The highest BCUT2D eigenvalue weighted by molar-refractivity contribution is 8.00. The average Bonchev–Trinajstić information content (AvgIpc) is 3.62. The van der Waals surface area contributed by atoms with Crippen LogP contribution in [0, 0.1) is 0 Å². The number of thiazole rings is 1. The maximum atomic E-state index is 13.4. The summed E-state index contributed by atoms with van der Waals surface area (Å²) in [4.78, 5) is 62.0. The van der Waals surface area contributed by atoms with Crippen LogP contribution in [-0.4, -0.2) is 89.6 Å². The highest BCUT2D eigenvalue weighted by Gasteiger charge is 2.55. The van der Waals surface area contributed by atoms with Crippen molar-refractivity contribution in [3.8, 4) is 0 Å². The van der Waals surface area contributed by atoms with Gasteiger partial charge < -0.3 is 30.1 Å². The molecule has 0 aliphatic carbocycles. The van der Waals surface area contributed by atoms with E-state index >= 15 is 0 Å². The van der Waals surface area contributed by atoms with Crippen LogP contribution in [0.1, 0.15) is 32.4 Å². The van der Waals surface area contributed by atoms with E-state index in [2.05, 4.69) is 15.5 Å². The minimum atomic E-state index is -0.931. The van der Waals surface area contributed by atoms with Gasteiger partial charge in [-0.2, -0.15) is 0 Å². The third-order valence-corrected chi connectivity index (χ3v) is 8.18. The van der Waals surface area contributed by atoms with Crippen molar-refractivity contribution in [3.05, 3.63) is 34.0 Å². The van der Waals surface area contributed by atoms with Crippen LogP contribution in [0.15, 0.2) is 33.5 Å². The molecule has 3 atom stereocenters. The number of allylic oxidation sites excluding steroid dienone is 1. The third-order valence-electron chi connectivity index (χ3n) is 6.20. The summed E-state index contributed by atoms with van der Waals surface area (Å²) in [6.07, 6.45) is 2.71. The van der Waals surface area contributed by atoms with E-state index in [1.165, 1.54) is 29.8 Å². The molecule has 2 amide bonds. The summed E-state index contributed by atoms with van der Waals surface area (Å²) < 4.78 is 16.3. The Morgan fingerprint density at radius 2 is 2.15 bits per heavy atom. The van der Waals surface area contributed by atoms with E-state index in [9.17, 15) is 19.2 Å². The highest BCUT2D eigenvalue weighted by Crippen LogP contribution is 2.43. The Bertz CT molecular complexity index is 1240. The third kappa shape index (κ3) is 5.94. The second-order valence-corrected chi connectivity index (χ2v) is 10.5. The van der Waals surface area contributed by atoms with Gasteiger partial charge in [-0.05, 0) is 32.3 Å². The van der Waals surface area contributed by atoms with Gasteiger partial charge in [-0.3, -0.25) is 14.5 Å². The van der Waals surface area contributed by atoms with E-state index in [0.717, 1.165) is 17.8 Å². The number of hydrogen-bond acceptors (Lipinski definition) is 13. The van der Waals surface area contributed by atoms with Crippen LogP contribution in [-0.2, 0) is 38.2 Å². The topological polar surface area (TPSA) is 172 Å². The zero-order chi connectivity index (χ0) is 28.1. The van der Waals surface area contributed by atoms with Gasteiger partial charge in [0.25, 0.3) is 11.8 Å². The molecule has 4 rings (SSSR count). The Balaban J connectivity index is 1.53. The molecule has 1 aromatic heterocycles. The number of rotatable bonds is 10. The number of nitrogens with zero attached hydrogens (tertiary/aromatic N) is 3. The number of nitrogen functional groups attached to an aromatic ring is 1. The number of carbonyl (C=O) groups excluding carboxylic acids is 4. The Labute approximate surface area is 232 Å². The molecule has 0 unspecified atom stereocenters. The molecule has 210 valence electrons. The number of oxime groups is 1. The van der Waals surface area contributed by atoms with Crippen molar-refractivity contribution in [2.75, 3.05) is 38.4 Å². The minimum absolute atomic E-state index is 0.0820. The van der Waals surface area contributed by atoms with Crippen molar-refractivity contribution in [1.82, 2.24) is 15.2 Å². The second-order valence-electron chi connectivity index (χ2n) is 8.54. The fraction of sp³-hybridized carbons (Fsp3) is 0.500. The molecule has 15 heteroatoms. The van der Waals surface area contributed by atoms with Gasteiger partial charge in [0.05, 0.1) is 18.3 Å². The second kappa shape index (κ2) is 12.6. The number of anilines is 1. The zero-order valence-electron chi connectivity index (χ0n) is 21.6. The lowest BCUT2D eigenvalue weighted by molar-refractivity contribution is -0.152. The molecule has 0 aromatic carbocycles. The van der Waals surface area contributed by atoms with Crippen molar-refractivity contribution in [3.63, 3.8) is 0 Å². The number of carbonyl (C=O) groups is 4. The summed E-state index contributed by atoms with van der Waals surface area (Å²) in [7, 11) is 1.28. The zero-order valence-corrected chi connectivity index (χ0v) is 23.3. The number of esters is 2. The van der Waals surface area contributed by atoms with Crippen molar-refractivity contribution >= 4 is 57.7 Å². The predicted octanol–water partition coefficient (Wildman–Crippen LogP) is 0.961. The van der Waals surface area contributed by atoms with Crippen LogP contribution in [0.3, 0.4) is 0 Å². The molecule has 3 N–H and O–H groups in total. The summed E-state index contributed by atoms with van der Waals surface area (Å²) in [5.41, 5.74) is 6.67. The van der Waals surface area contributed by atoms with Crippen LogP contribution in [0.2, 0.25) is 0 Å². The molecule has 0 radical (unpaired) electrons. The van der Waals surface area contributed by atoms with Gasteiger partial charge in [0.1, 0.15) is 36.5 Å². The van der Waals surface area contributed by atoms with E-state index in [-0.39, 0.29) is 47.1 Å². The minimum Gasteiger partial charge on any atom is -0.463 e. The fourth-order valence-corrected chi connectivity index (χ4v) is 6.28. The number of thioether (sulfide) groups is 1. The van der Waals surface area contributed by atoms with E-state index in [1.807, 2.05) is 0 Å². The van der Waals surface area contributed by atoms with Crippen molar-refractivity contribution in [1.29, 1.82) is 0 Å². The molecule has 0 saturated carbocycles. The van der Waals surface area contributed by atoms with Crippen LogP contribution < -0.4 is 11.1 Å². The monoisotopic (exact) mass is 579 g/mol. The first-order chi connectivity index (χ1) is 18.8. The number of nitrogens with two attached hydrogens (primary N) is 1. The summed E-state index contributed by atoms with van der Waals surface area (Å²) in [5, 5.41) is 7.66. The van der Waals surface area contributed by atoms with Gasteiger partial charge in [-0.15, -0.1) is 23.1 Å². The standard InChI is InChI=1S/C24H29N5O8S2/c1-4-12(22(32)35-5-2)9-37-23(33)18-13(15-7-6-8-36-15)10-38-21-17(20(31)29(18)21)27-19(30)16(28-34-3)14-11-39-24(25)26-14/h4,11,15,17,21H,5-10H2,1-3H3,(H2,25,26)(H,27,30)/b12-4-,28-16-/t15-,17+,21+/m0/s1. The molecular weight excluding hydrogens is 550 g/mol. The molecular formula is C24H29N5O8S2. The van der Waals surface area contributed by atoms with E-state index in [4.69, 9.17) is 24.8 Å². The van der Waals surface area contributed by atoms with Crippen molar-refractivity contribution < 1.29 is 38.2 Å². The largest absolute Gasteiger partial charge is 0.463 e. The van der Waals surface area contributed by atoms with E-state index < -0.39 is 35.2 Å². The number of fused-ring (bicyclic) bond motifs is 1. The normalized spacial score (nSPS) is 23.2. The summed E-state index contributed by atoms with van der Waals surface area (Å²) in [5.74, 6) is -2.12. The van der Waals surface area contributed by atoms with Gasteiger partial charge in [0.2, 0.25) is 0 Å². The van der Waals surface area contributed by atoms with Crippen molar-refractivity contribution in [2.24, 2.45) is 5.16 Å². The molecule has 0 bridgehead atoms. The molecule has 0 spiro atoms. The van der Waals surface area contributed by atoms with Gasteiger partial charge >= 0.3 is 11.9 Å². The number of amides is 2. The molecule has 4 heterocycles. The Morgan fingerprint density at radius 3 is 2.77 bits per heavy atom. The van der Waals surface area contributed by atoms with Gasteiger partial charge in [-0.25, -0.2) is 14.6 Å². The molecule has 1 aromatic rings. The Kier molecular flexibility index (Phi) is 9.24. The van der Waals surface area contributed by atoms with Gasteiger partial charge in [-0.1, -0.05) is 11.2 Å². The van der Waals surface area contributed by atoms with Crippen LogP contribution in [0.5, 0.6) is 0 Å². The molecule has 13 nitrogen and oxygen atoms in total. The summed E-state index contributed by atoms with van der Waals surface area (Å²) in [6, 6.07) is -0.931. The van der Waals surface area contributed by atoms with Crippen LogP contribution in [0.25, 0.3) is 0 Å². The first kappa shape index (κ1) is 28.6. The Hall–Kier alpha value is -3.43. The number of β-lactam (4-membered cyclic amide) rings is 1. The molecule has 2 fully saturated rings. The molecule has 3 aliphatic rings.